The van der Waals surface area contributed by atoms with Crippen molar-refractivity contribution in [1.82, 2.24) is 19.7 Å². The van der Waals surface area contributed by atoms with E-state index in [0.717, 1.165) is 5.56 Å². The summed E-state index contributed by atoms with van der Waals surface area (Å²) >= 11 is 0. The second kappa shape index (κ2) is 7.65. The summed E-state index contributed by atoms with van der Waals surface area (Å²) in [5, 5.41) is 3.73. The van der Waals surface area contributed by atoms with Crippen molar-refractivity contribution in [1.29, 1.82) is 0 Å². The molecule has 1 atom stereocenters. The van der Waals surface area contributed by atoms with Crippen LogP contribution in [0.25, 0.3) is 11.1 Å². The van der Waals surface area contributed by atoms with E-state index in [2.05, 4.69) is 10.1 Å². The Labute approximate surface area is 156 Å². The van der Waals surface area contributed by atoms with Gasteiger partial charge in [-0.05, 0) is 43.2 Å². The zero-order chi connectivity index (χ0) is 19.6. The van der Waals surface area contributed by atoms with E-state index in [9.17, 15) is 13.6 Å². The molecule has 1 amide bonds. The van der Waals surface area contributed by atoms with Crippen molar-refractivity contribution in [3.05, 3.63) is 71.8 Å². The minimum Gasteiger partial charge on any atom is -0.335 e. The third-order valence-corrected chi connectivity index (χ3v) is 4.72. The molecule has 0 saturated heterocycles. The first-order valence-corrected chi connectivity index (χ1v) is 8.50. The fourth-order valence-corrected chi connectivity index (χ4v) is 2.95. The molecule has 3 aromatic rings. The maximum Gasteiger partial charge on any atom is 0.333 e. The van der Waals surface area contributed by atoms with Gasteiger partial charge in [-0.2, -0.15) is 13.9 Å². The number of hydrogen-bond donors (Lipinski definition) is 0. The van der Waals surface area contributed by atoms with Crippen molar-refractivity contribution >= 4 is 5.91 Å². The van der Waals surface area contributed by atoms with Crippen LogP contribution in [0.2, 0.25) is 0 Å². The van der Waals surface area contributed by atoms with E-state index < -0.39 is 6.55 Å². The van der Waals surface area contributed by atoms with Crippen molar-refractivity contribution in [2.45, 2.75) is 26.4 Å². The van der Waals surface area contributed by atoms with Crippen LogP contribution in [-0.4, -0.2) is 32.6 Å². The minimum atomic E-state index is -2.70. The third-order valence-electron chi connectivity index (χ3n) is 4.72. The van der Waals surface area contributed by atoms with Crippen LogP contribution in [0.3, 0.4) is 0 Å². The highest BCUT2D eigenvalue weighted by Crippen LogP contribution is 2.27. The highest BCUT2D eigenvalue weighted by Gasteiger charge is 2.20. The quantitative estimate of drug-likeness (QED) is 0.665. The Bertz CT molecular complexity index is 940. The summed E-state index contributed by atoms with van der Waals surface area (Å²) in [7, 11) is 1.73. The van der Waals surface area contributed by atoms with Gasteiger partial charge in [-0.15, -0.1) is 0 Å². The molecule has 0 aliphatic carbocycles. The number of amides is 1. The Morgan fingerprint density at radius 2 is 1.96 bits per heavy atom. The molecule has 7 heteroatoms. The number of aromatic nitrogens is 3. The average molecular weight is 370 g/mol. The monoisotopic (exact) mass is 370 g/mol. The summed E-state index contributed by atoms with van der Waals surface area (Å²) < 4.78 is 26.6. The summed E-state index contributed by atoms with van der Waals surface area (Å²) in [5.74, 6) is -0.160. The summed E-state index contributed by atoms with van der Waals surface area (Å²) in [6.45, 7) is 0.810. The van der Waals surface area contributed by atoms with Gasteiger partial charge in [0.05, 0.1) is 12.2 Å². The second-order valence-corrected chi connectivity index (χ2v) is 6.33. The predicted molar refractivity (Wildman–Crippen MR) is 98.4 cm³/mol. The lowest BCUT2D eigenvalue weighted by atomic mass is 10.0. The molecule has 5 nitrogen and oxygen atoms in total. The van der Waals surface area contributed by atoms with Crippen molar-refractivity contribution in [3.8, 4) is 11.1 Å². The average Bonchev–Trinajstić information content (AvgIpc) is 3.08. The molecule has 2 heterocycles. The first-order valence-electron chi connectivity index (χ1n) is 8.50. The molecular weight excluding hydrogens is 350 g/mol. The maximum atomic E-state index is 13.0. The number of halogens is 2. The van der Waals surface area contributed by atoms with Gasteiger partial charge in [-0.1, -0.05) is 18.2 Å². The molecule has 0 N–H and O–H groups in total. The fraction of sp³-hybridized carbons (Fsp3) is 0.250. The summed E-state index contributed by atoms with van der Waals surface area (Å²) in [5.41, 5.74) is 3.01. The molecule has 3 rings (SSSR count). The second-order valence-electron chi connectivity index (χ2n) is 6.33. The van der Waals surface area contributed by atoms with Gasteiger partial charge >= 0.3 is 6.55 Å². The smallest absolute Gasteiger partial charge is 0.333 e. The first kappa shape index (κ1) is 18.7. The van der Waals surface area contributed by atoms with E-state index in [4.69, 9.17) is 0 Å². The largest absolute Gasteiger partial charge is 0.335 e. The van der Waals surface area contributed by atoms with Crippen molar-refractivity contribution < 1.29 is 13.6 Å². The molecule has 0 fully saturated rings. The lowest BCUT2D eigenvalue weighted by molar-refractivity contribution is 0.0545. The number of alkyl halides is 2. The first-order chi connectivity index (χ1) is 12.9. The van der Waals surface area contributed by atoms with Gasteiger partial charge in [-0.3, -0.25) is 9.78 Å². The van der Waals surface area contributed by atoms with E-state index in [1.54, 1.807) is 55.5 Å². The van der Waals surface area contributed by atoms with E-state index >= 15 is 0 Å². The van der Waals surface area contributed by atoms with Crippen LogP contribution in [0.5, 0.6) is 0 Å². The lowest BCUT2D eigenvalue weighted by Crippen LogP contribution is -2.29. The van der Waals surface area contributed by atoms with Gasteiger partial charge in [0.15, 0.2) is 0 Å². The fourth-order valence-electron chi connectivity index (χ4n) is 2.95. The van der Waals surface area contributed by atoms with Crippen LogP contribution in [0, 0.1) is 6.92 Å². The number of carbonyl (C=O) groups excluding carboxylic acids is 1. The number of rotatable bonds is 5. The van der Waals surface area contributed by atoms with E-state index in [0.29, 0.717) is 27.1 Å². The molecule has 1 aromatic carbocycles. The molecule has 2 aromatic heterocycles. The van der Waals surface area contributed by atoms with Gasteiger partial charge in [0.1, 0.15) is 0 Å². The Kier molecular flexibility index (Phi) is 5.30. The number of pyridine rings is 1. The topological polar surface area (TPSA) is 51.0 Å². The van der Waals surface area contributed by atoms with E-state index in [1.807, 2.05) is 19.1 Å². The van der Waals surface area contributed by atoms with Gasteiger partial charge in [-0.25, -0.2) is 4.68 Å². The van der Waals surface area contributed by atoms with Gasteiger partial charge in [0.25, 0.3) is 5.91 Å². The standard InChI is InChI=1S/C20H20F2N4O/c1-13(17-8-5-9-23-11-17)25(3)19(27)16-7-4-6-15(10-16)18-12-24-26(14(18)2)20(21)22/h4-13,20H,1-3H3/t13-/m1/s1. The highest BCUT2D eigenvalue weighted by atomic mass is 19.3. The summed E-state index contributed by atoms with van der Waals surface area (Å²) in [6, 6.07) is 10.5. The molecule has 0 aliphatic rings. The van der Waals surface area contributed by atoms with Gasteiger partial charge in [0, 0.05) is 36.3 Å². The van der Waals surface area contributed by atoms with Crippen LogP contribution >= 0.6 is 0 Å². The molecule has 0 unspecified atom stereocenters. The van der Waals surface area contributed by atoms with Crippen LogP contribution in [-0.2, 0) is 0 Å². The summed E-state index contributed by atoms with van der Waals surface area (Å²) in [6.07, 6.45) is 4.81. The van der Waals surface area contributed by atoms with Gasteiger partial charge < -0.3 is 4.90 Å². The zero-order valence-corrected chi connectivity index (χ0v) is 15.3. The third kappa shape index (κ3) is 3.72. The Hall–Kier alpha value is -3.09. The predicted octanol–water partition coefficient (Wildman–Crippen LogP) is 4.48. The van der Waals surface area contributed by atoms with Crippen LogP contribution in [0.15, 0.2) is 55.0 Å². The summed E-state index contributed by atoms with van der Waals surface area (Å²) in [4.78, 5) is 18.6. The number of benzene rings is 1. The highest BCUT2D eigenvalue weighted by molar-refractivity contribution is 5.95. The van der Waals surface area contributed by atoms with Crippen molar-refractivity contribution in [2.75, 3.05) is 7.05 Å². The maximum absolute atomic E-state index is 13.0. The molecule has 0 radical (unpaired) electrons. The van der Waals surface area contributed by atoms with E-state index in [-0.39, 0.29) is 11.9 Å². The Morgan fingerprint density at radius 1 is 1.19 bits per heavy atom. The van der Waals surface area contributed by atoms with Gasteiger partial charge in [0.2, 0.25) is 0 Å². The molecule has 0 bridgehead atoms. The Balaban J connectivity index is 1.88. The molecule has 27 heavy (non-hydrogen) atoms. The number of carbonyl (C=O) groups is 1. The lowest BCUT2D eigenvalue weighted by Gasteiger charge is -2.25. The van der Waals surface area contributed by atoms with Crippen LogP contribution in [0.4, 0.5) is 8.78 Å². The molecule has 0 aliphatic heterocycles. The molecule has 0 spiro atoms. The molecule has 0 saturated carbocycles. The number of nitrogens with zero attached hydrogens (tertiary/aromatic N) is 4. The van der Waals surface area contributed by atoms with Crippen molar-refractivity contribution in [3.63, 3.8) is 0 Å². The van der Waals surface area contributed by atoms with E-state index in [1.165, 1.54) is 6.20 Å². The Morgan fingerprint density at radius 3 is 2.59 bits per heavy atom. The number of hydrogen-bond acceptors (Lipinski definition) is 3. The normalized spacial score (nSPS) is 12.2. The minimum absolute atomic E-state index is 0.154. The molecule has 140 valence electrons. The van der Waals surface area contributed by atoms with Crippen molar-refractivity contribution in [2.24, 2.45) is 0 Å². The zero-order valence-electron chi connectivity index (χ0n) is 15.3. The van der Waals surface area contributed by atoms with Crippen LogP contribution < -0.4 is 0 Å². The molecular formula is C20H20F2N4O. The SMILES string of the molecule is Cc1c(-c2cccc(C(=O)N(C)[C@H](C)c3cccnc3)c2)cnn1C(F)F. The van der Waals surface area contributed by atoms with Crippen LogP contribution in [0.1, 0.15) is 41.1 Å².